The van der Waals surface area contributed by atoms with Gasteiger partial charge in [0.05, 0.1) is 0 Å². The summed E-state index contributed by atoms with van der Waals surface area (Å²) >= 11 is 0. The number of anilines is 1. The Labute approximate surface area is 97.1 Å². The van der Waals surface area contributed by atoms with Gasteiger partial charge in [0.25, 0.3) is 0 Å². The molecule has 1 aromatic heterocycles. The normalized spacial score (nSPS) is 19.8. The van der Waals surface area contributed by atoms with E-state index in [9.17, 15) is 0 Å². The van der Waals surface area contributed by atoms with Crippen LogP contribution in [0.5, 0.6) is 0 Å². The lowest BCUT2D eigenvalue weighted by atomic mass is 10.0. The maximum atomic E-state index is 4.54. The maximum Gasteiger partial charge on any atom is 0.134 e. The summed E-state index contributed by atoms with van der Waals surface area (Å²) in [5, 5.41) is 3.41. The van der Waals surface area contributed by atoms with Gasteiger partial charge in [-0.2, -0.15) is 0 Å². The number of aromatic nitrogens is 2. The van der Waals surface area contributed by atoms with Gasteiger partial charge in [-0.15, -0.1) is 0 Å². The van der Waals surface area contributed by atoms with Gasteiger partial charge in [0.2, 0.25) is 0 Å². The minimum absolute atomic E-state index is 0.109. The second-order valence-corrected chi connectivity index (χ2v) is 4.70. The molecule has 87 valence electrons. The number of nitrogens with zero attached hydrogens (tertiary/aromatic N) is 3. The number of hydrogen-bond donors (Lipinski definition) is 1. The van der Waals surface area contributed by atoms with Gasteiger partial charge in [0.1, 0.15) is 11.6 Å². The van der Waals surface area contributed by atoms with E-state index < -0.39 is 0 Å². The van der Waals surface area contributed by atoms with Crippen LogP contribution >= 0.6 is 0 Å². The summed E-state index contributed by atoms with van der Waals surface area (Å²) in [5.74, 6) is 1.82. The molecule has 0 bridgehead atoms. The molecule has 4 nitrogen and oxygen atoms in total. The van der Waals surface area contributed by atoms with Crippen LogP contribution in [0.4, 0.5) is 5.82 Å². The highest BCUT2D eigenvalue weighted by Crippen LogP contribution is 2.23. The minimum atomic E-state index is 0.109. The molecule has 1 aliphatic heterocycles. The van der Waals surface area contributed by atoms with Gasteiger partial charge < -0.3 is 10.2 Å². The fourth-order valence-electron chi connectivity index (χ4n) is 2.06. The van der Waals surface area contributed by atoms with E-state index in [1.807, 2.05) is 25.6 Å². The third-order valence-corrected chi connectivity index (χ3v) is 2.99. The van der Waals surface area contributed by atoms with Crippen molar-refractivity contribution >= 4 is 5.82 Å². The van der Waals surface area contributed by atoms with Gasteiger partial charge in [0, 0.05) is 37.8 Å². The van der Waals surface area contributed by atoms with E-state index in [2.05, 4.69) is 34.0 Å². The first-order valence-electron chi connectivity index (χ1n) is 5.74. The highest BCUT2D eigenvalue weighted by Gasteiger charge is 2.30. The molecule has 1 radical (unpaired) electrons. The molecule has 0 aliphatic carbocycles. The first-order valence-corrected chi connectivity index (χ1v) is 5.74. The molecule has 2 rings (SSSR count). The molecule has 1 aliphatic rings. The Morgan fingerprint density at radius 1 is 1.50 bits per heavy atom. The van der Waals surface area contributed by atoms with Gasteiger partial charge in [-0.3, -0.25) is 0 Å². The van der Waals surface area contributed by atoms with Crippen molar-refractivity contribution in [2.45, 2.75) is 26.3 Å². The summed E-state index contributed by atoms with van der Waals surface area (Å²) in [5.41, 5.74) is 0.109. The van der Waals surface area contributed by atoms with Crippen LogP contribution in [0.1, 0.15) is 26.6 Å². The smallest absolute Gasteiger partial charge is 0.134 e. The van der Waals surface area contributed by atoms with Crippen LogP contribution < -0.4 is 10.2 Å². The standard InChI is InChI=1S/C12H19N4/c1-4-10-14-6-5-11(15-10)16-8-7-13-9-12(16,2)3/h4-6,13H,7-9H2,1-3H3. The zero-order valence-corrected chi connectivity index (χ0v) is 10.2. The number of hydrogen-bond acceptors (Lipinski definition) is 4. The first-order chi connectivity index (χ1) is 7.63. The second kappa shape index (κ2) is 4.37. The molecule has 16 heavy (non-hydrogen) atoms. The summed E-state index contributed by atoms with van der Waals surface area (Å²) in [7, 11) is 0. The Hall–Kier alpha value is -1.16. The van der Waals surface area contributed by atoms with Crippen molar-refractivity contribution in [2.24, 2.45) is 0 Å². The predicted octanol–water partition coefficient (Wildman–Crippen LogP) is 1.24. The van der Waals surface area contributed by atoms with E-state index in [-0.39, 0.29) is 5.54 Å². The van der Waals surface area contributed by atoms with Crippen LogP contribution in [0.25, 0.3) is 0 Å². The van der Waals surface area contributed by atoms with Crippen molar-refractivity contribution in [3.05, 3.63) is 24.5 Å². The van der Waals surface area contributed by atoms with Crippen LogP contribution in [0.2, 0.25) is 0 Å². The van der Waals surface area contributed by atoms with E-state index in [0.717, 1.165) is 31.3 Å². The molecule has 0 unspecified atom stereocenters. The summed E-state index contributed by atoms with van der Waals surface area (Å²) in [6.45, 7) is 9.42. The van der Waals surface area contributed by atoms with E-state index in [1.54, 1.807) is 0 Å². The van der Waals surface area contributed by atoms with Crippen molar-refractivity contribution < 1.29 is 0 Å². The average molecular weight is 219 g/mol. The van der Waals surface area contributed by atoms with E-state index in [0.29, 0.717) is 0 Å². The molecule has 1 saturated heterocycles. The van der Waals surface area contributed by atoms with Crippen LogP contribution in [0, 0.1) is 6.42 Å². The lowest BCUT2D eigenvalue weighted by Crippen LogP contribution is -2.58. The molecule has 0 saturated carbocycles. The summed E-state index contributed by atoms with van der Waals surface area (Å²) < 4.78 is 0. The van der Waals surface area contributed by atoms with Crippen LogP contribution in [-0.4, -0.2) is 35.1 Å². The molecule has 1 N–H and O–H groups in total. The molecule has 2 heterocycles. The Morgan fingerprint density at radius 3 is 3.00 bits per heavy atom. The Bertz CT molecular complexity index is 362. The van der Waals surface area contributed by atoms with Gasteiger partial charge in [-0.05, 0) is 19.9 Å². The lowest BCUT2D eigenvalue weighted by Gasteiger charge is -2.43. The predicted molar refractivity (Wildman–Crippen MR) is 65.4 cm³/mol. The average Bonchev–Trinajstić information content (AvgIpc) is 2.28. The molecule has 0 spiro atoms. The Morgan fingerprint density at radius 2 is 2.31 bits per heavy atom. The summed E-state index contributed by atoms with van der Waals surface area (Å²) in [4.78, 5) is 11.1. The monoisotopic (exact) mass is 219 g/mol. The Balaban J connectivity index is 2.27. The van der Waals surface area contributed by atoms with Crippen LogP contribution in [0.15, 0.2) is 12.3 Å². The summed E-state index contributed by atoms with van der Waals surface area (Å²) in [6.07, 6.45) is 3.76. The molecule has 0 amide bonds. The molecule has 0 aromatic carbocycles. The SMILES string of the molecule is C[CH]c1nccc(N2CCNCC2(C)C)n1. The van der Waals surface area contributed by atoms with Crippen molar-refractivity contribution in [1.29, 1.82) is 0 Å². The number of nitrogens with one attached hydrogen (secondary N) is 1. The molecule has 1 fully saturated rings. The van der Waals surface area contributed by atoms with Gasteiger partial charge in [-0.1, -0.05) is 6.92 Å². The second-order valence-electron chi connectivity index (χ2n) is 4.70. The van der Waals surface area contributed by atoms with Crippen molar-refractivity contribution in [1.82, 2.24) is 15.3 Å². The zero-order chi connectivity index (χ0) is 11.6. The lowest BCUT2D eigenvalue weighted by molar-refractivity contribution is 0.377. The zero-order valence-electron chi connectivity index (χ0n) is 10.2. The van der Waals surface area contributed by atoms with Gasteiger partial charge in [-0.25, -0.2) is 9.97 Å². The molecule has 0 atom stereocenters. The van der Waals surface area contributed by atoms with Crippen LogP contribution in [0.3, 0.4) is 0 Å². The van der Waals surface area contributed by atoms with Crippen LogP contribution in [-0.2, 0) is 0 Å². The number of rotatable bonds is 2. The molecular formula is C12H19N4. The highest BCUT2D eigenvalue weighted by atomic mass is 15.3. The Kier molecular flexibility index (Phi) is 3.10. The minimum Gasteiger partial charge on any atom is -0.349 e. The fourth-order valence-corrected chi connectivity index (χ4v) is 2.06. The van der Waals surface area contributed by atoms with E-state index in [4.69, 9.17) is 0 Å². The number of piperazine rings is 1. The third-order valence-electron chi connectivity index (χ3n) is 2.99. The quantitative estimate of drug-likeness (QED) is 0.812. The van der Waals surface area contributed by atoms with Gasteiger partial charge in [0.15, 0.2) is 0 Å². The van der Waals surface area contributed by atoms with Crippen molar-refractivity contribution in [3.8, 4) is 0 Å². The van der Waals surface area contributed by atoms with E-state index >= 15 is 0 Å². The maximum absolute atomic E-state index is 4.54. The highest BCUT2D eigenvalue weighted by molar-refractivity contribution is 5.42. The molecule has 4 heteroatoms. The fraction of sp³-hybridized carbons (Fsp3) is 0.583. The topological polar surface area (TPSA) is 41.1 Å². The van der Waals surface area contributed by atoms with E-state index in [1.165, 1.54) is 0 Å². The first kappa shape index (κ1) is 11.3. The largest absolute Gasteiger partial charge is 0.349 e. The van der Waals surface area contributed by atoms with Crippen molar-refractivity contribution in [3.63, 3.8) is 0 Å². The third kappa shape index (κ3) is 2.16. The summed E-state index contributed by atoms with van der Waals surface area (Å²) in [6, 6.07) is 1.99. The van der Waals surface area contributed by atoms with Gasteiger partial charge >= 0.3 is 0 Å². The molecular weight excluding hydrogens is 200 g/mol. The molecule has 1 aromatic rings. The van der Waals surface area contributed by atoms with Crippen molar-refractivity contribution in [2.75, 3.05) is 24.5 Å².